The minimum Gasteiger partial charge on any atom is -0.411 e. The van der Waals surface area contributed by atoms with E-state index < -0.39 is 179 Å². The van der Waals surface area contributed by atoms with E-state index in [0.717, 1.165) is 11.2 Å². The van der Waals surface area contributed by atoms with Gasteiger partial charge in [0.15, 0.2) is 8.32 Å². The lowest BCUT2D eigenvalue weighted by atomic mass is 9.91. The average molecular weight is 1380 g/mol. The van der Waals surface area contributed by atoms with Gasteiger partial charge in [-0.05, 0) is 112 Å². The number of carbonyl (C=O) groups is 11. The molecule has 1 aliphatic rings. The summed E-state index contributed by atoms with van der Waals surface area (Å²) >= 11 is 0. The van der Waals surface area contributed by atoms with E-state index in [1.807, 2.05) is 89.3 Å². The zero-order valence-electron chi connectivity index (χ0n) is 63.2. The number of nitrogens with zero attached hydrogens (tertiary/aromatic N) is 7. The fraction of sp³-hybridized carbons (Fsp3) is 0.836. The van der Waals surface area contributed by atoms with Gasteiger partial charge < -0.3 is 60.0 Å². The lowest BCUT2D eigenvalue weighted by Gasteiger charge is -2.46. The molecule has 1 heterocycles. The predicted octanol–water partition coefficient (Wildman–Crippen LogP) is 4.70. The molecule has 4 N–H and O–H groups in total. The fourth-order valence-corrected chi connectivity index (χ4v) is 13.2. The van der Waals surface area contributed by atoms with Gasteiger partial charge in [-0.3, -0.25) is 56.9 Å². The molecule has 0 radical (unpaired) electrons. The molecule has 0 spiro atoms. The largest absolute Gasteiger partial charge is 0.411 e. The van der Waals surface area contributed by atoms with Crippen molar-refractivity contribution in [3.05, 3.63) is 0 Å². The van der Waals surface area contributed by atoms with Gasteiger partial charge in [0.1, 0.15) is 60.4 Å². The molecule has 0 saturated carbocycles. The van der Waals surface area contributed by atoms with Gasteiger partial charge >= 0.3 is 0 Å². The Balaban J connectivity index is 4.61. The zero-order chi connectivity index (χ0) is 74.2. The number of carbonyl (C=O) groups excluding carboxylic acids is 11. The second-order valence-electron chi connectivity index (χ2n) is 30.5. The van der Waals surface area contributed by atoms with Crippen LogP contribution in [0.1, 0.15) is 170 Å². The zero-order valence-corrected chi connectivity index (χ0v) is 65.0. The molecule has 0 aromatic heterocycles. The van der Waals surface area contributed by atoms with Gasteiger partial charge in [-0.2, -0.15) is 8.42 Å². The van der Waals surface area contributed by atoms with E-state index >= 15 is 19.2 Å². The second-order valence-corrected chi connectivity index (χ2v) is 36.9. The Hall–Kier alpha value is -5.74. The second kappa shape index (κ2) is 37.3. The van der Waals surface area contributed by atoms with Crippen LogP contribution in [-0.4, -0.2) is 251 Å². The summed E-state index contributed by atoms with van der Waals surface area (Å²) in [5.74, 6) is -10.2. The van der Waals surface area contributed by atoms with Crippen molar-refractivity contribution in [2.45, 2.75) is 255 Å². The third kappa shape index (κ3) is 25.3. The fourth-order valence-electron chi connectivity index (χ4n) is 11.4. The van der Waals surface area contributed by atoms with E-state index in [2.05, 4.69) is 21.3 Å². The molecule has 1 rings (SSSR count). The molecule has 1 aliphatic heterocycles. The molecular formula is C67H125N11O15SSi. The first-order chi connectivity index (χ1) is 43.3. The van der Waals surface area contributed by atoms with Crippen LogP contribution >= 0.6 is 0 Å². The Morgan fingerprint density at radius 2 is 0.905 bits per heavy atom. The minimum atomic E-state index is -3.93. The highest BCUT2D eigenvalue weighted by atomic mass is 32.2. The highest BCUT2D eigenvalue weighted by molar-refractivity contribution is 7.86. The summed E-state index contributed by atoms with van der Waals surface area (Å²) in [5, 5.41) is 10.6. The molecule has 1 saturated heterocycles. The summed E-state index contributed by atoms with van der Waals surface area (Å²) in [6, 6.07) is -12.6. The average Bonchev–Trinajstić information content (AvgIpc) is 0.924. The van der Waals surface area contributed by atoms with Gasteiger partial charge in [0.2, 0.25) is 65.0 Å². The number of hydrogen-bond donors (Lipinski definition) is 4. The molecule has 28 heteroatoms. The smallest absolute Gasteiger partial charge is 0.264 e. The van der Waals surface area contributed by atoms with E-state index in [1.165, 1.54) is 92.6 Å². The maximum Gasteiger partial charge on any atom is 0.264 e. The van der Waals surface area contributed by atoms with Crippen LogP contribution in [0.3, 0.4) is 0 Å². The standard InChI is InChI=1S/C67H125N11O15SSi/c1-30-47-62(85)72(20)37-52(79)73(21)48(33-38(2)3)59(82)71-53(42(10)11)65(88)74(22)49(34-39(4)5)58(81)68-45(15)57(80)69-46(16)61(84)75(23)50(35-40(6)7)63(86)76(24)51(36-41(8)9)64(87)77(25)54(43(12)13)66(89)78(26)55(60(83)70-47)56(93-95(28,29)67(17,18)19)44(14)31-32-92-94(27,90)91/h38-51,53-56H,30-37H2,1-29H3,(H,68,81)(H,69,80)(H,70,83)(H,71,82)/t44-,45-,46+,47-,48+,49-,50-,51-,53-,54-,55-,56-/m1/s1. The van der Waals surface area contributed by atoms with Crippen molar-refractivity contribution >= 4 is 83.4 Å². The van der Waals surface area contributed by atoms with E-state index in [9.17, 15) is 42.0 Å². The topological polar surface area (TPSA) is 311 Å². The molecule has 0 aromatic rings. The molecule has 12 atom stereocenters. The molecule has 1 fully saturated rings. The first kappa shape index (κ1) is 87.3. The van der Waals surface area contributed by atoms with Crippen molar-refractivity contribution in [2.24, 2.45) is 41.4 Å². The Morgan fingerprint density at radius 3 is 1.34 bits per heavy atom. The van der Waals surface area contributed by atoms with Gasteiger partial charge in [-0.25, -0.2) is 0 Å². The first-order valence-corrected chi connectivity index (χ1v) is 38.6. The summed E-state index contributed by atoms with van der Waals surface area (Å²) in [6.45, 7) is 37.0. The van der Waals surface area contributed by atoms with Crippen LogP contribution in [-0.2, 0) is 71.5 Å². The van der Waals surface area contributed by atoms with Crippen molar-refractivity contribution in [1.82, 2.24) is 55.6 Å². The van der Waals surface area contributed by atoms with Crippen LogP contribution in [0.2, 0.25) is 18.1 Å². The summed E-state index contributed by atoms with van der Waals surface area (Å²) in [7, 11) is 3.04. The van der Waals surface area contributed by atoms with E-state index in [0.29, 0.717) is 0 Å². The number of rotatable bonds is 19. The minimum absolute atomic E-state index is 0.0137. The maximum atomic E-state index is 15.8. The normalized spacial score (nSPS) is 25.8. The van der Waals surface area contributed by atoms with Crippen LogP contribution in [0, 0.1) is 41.4 Å². The lowest BCUT2D eigenvalue weighted by Crippen LogP contribution is -2.65. The SMILES string of the molecule is CC[C@H]1NC(=O)[C@@H]([C@H](O[Si](C)(C)C(C)(C)C)[C@H](C)CCOS(C)(=O)=O)N(C)C(=O)[C@@H](C(C)C)N(C)C(=O)[C@@H](CC(C)C)N(C)C(=O)[C@@H](CC(C)C)N(C)C(=O)[C@H](C)NC(=O)[C@@H](C)NC(=O)[C@@H](CC(C)C)N(C)C(=O)[C@@H](C(C)C)NC(=O)[C@H](CC(C)C)N(C)C(=O)CN(C)C1=O. The number of likely N-dealkylation sites (N-methyl/N-ethyl adjacent to an activating group) is 7. The van der Waals surface area contributed by atoms with Crippen molar-refractivity contribution in [2.75, 3.05) is 68.7 Å². The van der Waals surface area contributed by atoms with Crippen molar-refractivity contribution in [3.63, 3.8) is 0 Å². The van der Waals surface area contributed by atoms with Gasteiger partial charge in [0, 0.05) is 49.3 Å². The summed E-state index contributed by atoms with van der Waals surface area (Å²) in [6.07, 6.45) is 0.218. The van der Waals surface area contributed by atoms with Crippen LogP contribution in [0.4, 0.5) is 0 Å². The van der Waals surface area contributed by atoms with Crippen LogP contribution in [0.5, 0.6) is 0 Å². The summed E-state index contributed by atoms with van der Waals surface area (Å²) in [5.41, 5.74) is 0. The Bertz CT molecular complexity index is 2760. The molecule has 0 bridgehead atoms. The Morgan fingerprint density at radius 1 is 0.495 bits per heavy atom. The molecule has 95 heavy (non-hydrogen) atoms. The number of nitrogens with one attached hydrogen (secondary N) is 4. The van der Waals surface area contributed by atoms with Gasteiger partial charge in [-0.15, -0.1) is 0 Å². The third-order valence-corrected chi connectivity index (χ3v) is 23.5. The highest BCUT2D eigenvalue weighted by Gasteiger charge is 2.49. The Kier molecular flexibility index (Phi) is 34.2. The van der Waals surface area contributed by atoms with Crippen LogP contribution in [0.15, 0.2) is 0 Å². The van der Waals surface area contributed by atoms with Crippen molar-refractivity contribution in [1.29, 1.82) is 0 Å². The van der Waals surface area contributed by atoms with Crippen molar-refractivity contribution in [3.8, 4) is 0 Å². The van der Waals surface area contributed by atoms with E-state index in [1.54, 1.807) is 41.5 Å². The molecular weight excluding hydrogens is 1260 g/mol. The van der Waals surface area contributed by atoms with Gasteiger partial charge in [0.25, 0.3) is 10.1 Å². The first-order valence-electron chi connectivity index (χ1n) is 33.9. The molecule has 0 unspecified atom stereocenters. The van der Waals surface area contributed by atoms with Crippen LogP contribution in [0.25, 0.3) is 0 Å². The highest BCUT2D eigenvalue weighted by Crippen LogP contribution is 2.40. The monoisotopic (exact) mass is 1380 g/mol. The predicted molar refractivity (Wildman–Crippen MR) is 370 cm³/mol. The van der Waals surface area contributed by atoms with Crippen molar-refractivity contribution < 1.29 is 69.8 Å². The maximum absolute atomic E-state index is 15.8. The van der Waals surface area contributed by atoms with E-state index in [4.69, 9.17) is 8.61 Å². The summed E-state index contributed by atoms with van der Waals surface area (Å²) < 4.78 is 37.0. The lowest BCUT2D eigenvalue weighted by molar-refractivity contribution is -0.157. The number of amides is 11. The quantitative estimate of drug-likeness (QED) is 0.101. The van der Waals surface area contributed by atoms with E-state index in [-0.39, 0.29) is 68.8 Å². The molecule has 11 amide bonds. The Labute approximate surface area is 571 Å². The molecule has 0 aromatic carbocycles. The number of hydrogen-bond acceptors (Lipinski definition) is 15. The van der Waals surface area contributed by atoms with Gasteiger partial charge in [-0.1, -0.05) is 118 Å². The van der Waals surface area contributed by atoms with Gasteiger partial charge in [0.05, 0.1) is 25.5 Å². The third-order valence-electron chi connectivity index (χ3n) is 18.4. The van der Waals surface area contributed by atoms with Crippen LogP contribution < -0.4 is 21.3 Å². The molecule has 548 valence electrons. The summed E-state index contributed by atoms with van der Waals surface area (Å²) in [4.78, 5) is 172. The molecule has 26 nitrogen and oxygen atoms in total. The molecule has 0 aliphatic carbocycles.